The lowest BCUT2D eigenvalue weighted by atomic mass is 9.86. The predicted molar refractivity (Wildman–Crippen MR) is 78.7 cm³/mol. The van der Waals surface area contributed by atoms with Crippen LogP contribution in [0.25, 0.3) is 0 Å². The van der Waals surface area contributed by atoms with Crippen LogP contribution in [-0.4, -0.2) is 26.2 Å². The zero-order valence-corrected chi connectivity index (χ0v) is 11.9. The van der Waals surface area contributed by atoms with E-state index in [1.807, 2.05) is 13.1 Å². The molecule has 1 atom stereocenters. The Kier molecular flexibility index (Phi) is 4.03. The van der Waals surface area contributed by atoms with Crippen LogP contribution in [0.2, 0.25) is 0 Å². The Morgan fingerprint density at radius 1 is 1.30 bits per heavy atom. The molecular formula is C16H22N2O2. The Labute approximate surface area is 119 Å². The van der Waals surface area contributed by atoms with Gasteiger partial charge in [0.2, 0.25) is 5.91 Å². The number of carbonyl (C=O) groups is 1. The van der Waals surface area contributed by atoms with Crippen LogP contribution < -0.4 is 10.6 Å². The number of fused-ring (bicyclic) bond motifs is 1. The lowest BCUT2D eigenvalue weighted by Gasteiger charge is -2.31. The van der Waals surface area contributed by atoms with E-state index in [9.17, 15) is 4.79 Å². The molecule has 0 radical (unpaired) electrons. The van der Waals surface area contributed by atoms with Gasteiger partial charge in [-0.25, -0.2) is 0 Å². The third-order valence-electron chi connectivity index (χ3n) is 4.43. The number of hydrogen-bond acceptors (Lipinski definition) is 3. The molecule has 0 bridgehead atoms. The Bertz CT molecular complexity index is 495. The topological polar surface area (TPSA) is 50.4 Å². The number of anilines is 1. The molecule has 1 aromatic carbocycles. The number of nitrogens with one attached hydrogen (secondary N) is 2. The van der Waals surface area contributed by atoms with Crippen LogP contribution in [-0.2, 0) is 16.0 Å². The van der Waals surface area contributed by atoms with Gasteiger partial charge in [-0.15, -0.1) is 0 Å². The SMILES string of the molecule is CNC(c1ccc2c(c1)CCC(=O)N2)C1CCOCC1. The monoisotopic (exact) mass is 274 g/mol. The minimum Gasteiger partial charge on any atom is -0.381 e. The summed E-state index contributed by atoms with van der Waals surface area (Å²) in [5.41, 5.74) is 3.57. The van der Waals surface area contributed by atoms with Crippen LogP contribution in [0.4, 0.5) is 5.69 Å². The fourth-order valence-electron chi connectivity index (χ4n) is 3.32. The fourth-order valence-corrected chi connectivity index (χ4v) is 3.32. The smallest absolute Gasteiger partial charge is 0.224 e. The highest BCUT2D eigenvalue weighted by atomic mass is 16.5. The standard InChI is InChI=1S/C16H22N2O2/c1-17-16(11-6-8-20-9-7-11)13-2-4-14-12(10-13)3-5-15(19)18-14/h2,4,10-11,16-17H,3,5-9H2,1H3,(H,18,19). The number of amides is 1. The molecule has 4 nitrogen and oxygen atoms in total. The highest BCUT2D eigenvalue weighted by molar-refractivity contribution is 5.93. The van der Waals surface area contributed by atoms with Crippen molar-refractivity contribution in [1.29, 1.82) is 0 Å². The van der Waals surface area contributed by atoms with Crippen molar-refractivity contribution in [3.63, 3.8) is 0 Å². The van der Waals surface area contributed by atoms with Gasteiger partial charge in [0.1, 0.15) is 0 Å². The maximum absolute atomic E-state index is 11.4. The van der Waals surface area contributed by atoms with E-state index >= 15 is 0 Å². The van der Waals surface area contributed by atoms with E-state index in [-0.39, 0.29) is 5.91 Å². The molecule has 108 valence electrons. The molecular weight excluding hydrogens is 252 g/mol. The van der Waals surface area contributed by atoms with E-state index in [0.717, 1.165) is 38.2 Å². The molecule has 2 aliphatic heterocycles. The third-order valence-corrected chi connectivity index (χ3v) is 4.43. The van der Waals surface area contributed by atoms with Crippen molar-refractivity contribution in [2.24, 2.45) is 5.92 Å². The van der Waals surface area contributed by atoms with E-state index in [1.165, 1.54) is 11.1 Å². The normalized spacial score (nSPS) is 21.1. The van der Waals surface area contributed by atoms with E-state index in [2.05, 4.69) is 22.8 Å². The van der Waals surface area contributed by atoms with Gasteiger partial charge in [-0.05, 0) is 49.4 Å². The average Bonchev–Trinajstić information content (AvgIpc) is 2.49. The predicted octanol–water partition coefficient (Wildman–Crippen LogP) is 2.26. The highest BCUT2D eigenvalue weighted by Crippen LogP contribution is 2.33. The van der Waals surface area contributed by atoms with Gasteiger partial charge in [0, 0.05) is 31.4 Å². The molecule has 0 saturated carbocycles. The first-order chi connectivity index (χ1) is 9.78. The molecule has 0 aliphatic carbocycles. The first-order valence-electron chi connectivity index (χ1n) is 7.45. The van der Waals surface area contributed by atoms with Gasteiger partial charge in [-0.3, -0.25) is 4.79 Å². The summed E-state index contributed by atoms with van der Waals surface area (Å²) in [5.74, 6) is 0.754. The molecule has 0 aromatic heterocycles. The van der Waals surface area contributed by atoms with Gasteiger partial charge >= 0.3 is 0 Å². The average molecular weight is 274 g/mol. The number of carbonyl (C=O) groups excluding carboxylic acids is 1. The summed E-state index contributed by atoms with van der Waals surface area (Å²) in [6.07, 6.45) is 3.66. The summed E-state index contributed by atoms with van der Waals surface area (Å²) in [4.78, 5) is 11.4. The Hall–Kier alpha value is -1.39. The van der Waals surface area contributed by atoms with Crippen molar-refractivity contribution in [1.82, 2.24) is 5.32 Å². The van der Waals surface area contributed by atoms with Crippen molar-refractivity contribution in [3.8, 4) is 0 Å². The second-order valence-corrected chi connectivity index (χ2v) is 5.68. The van der Waals surface area contributed by atoms with Crippen molar-refractivity contribution >= 4 is 11.6 Å². The molecule has 2 N–H and O–H groups in total. The second kappa shape index (κ2) is 5.94. The molecule has 1 unspecified atom stereocenters. The summed E-state index contributed by atoms with van der Waals surface area (Å²) < 4.78 is 5.46. The fraction of sp³-hybridized carbons (Fsp3) is 0.562. The van der Waals surface area contributed by atoms with Crippen molar-refractivity contribution in [2.75, 3.05) is 25.6 Å². The highest BCUT2D eigenvalue weighted by Gasteiger charge is 2.25. The molecule has 1 saturated heterocycles. The van der Waals surface area contributed by atoms with Crippen LogP contribution in [0, 0.1) is 5.92 Å². The van der Waals surface area contributed by atoms with Crippen LogP contribution in [0.15, 0.2) is 18.2 Å². The van der Waals surface area contributed by atoms with E-state index in [1.54, 1.807) is 0 Å². The lowest BCUT2D eigenvalue weighted by molar-refractivity contribution is -0.116. The van der Waals surface area contributed by atoms with E-state index < -0.39 is 0 Å². The van der Waals surface area contributed by atoms with E-state index in [0.29, 0.717) is 18.4 Å². The molecule has 3 rings (SSSR count). The lowest BCUT2D eigenvalue weighted by Crippen LogP contribution is -2.30. The van der Waals surface area contributed by atoms with Crippen molar-refractivity contribution in [2.45, 2.75) is 31.7 Å². The van der Waals surface area contributed by atoms with Gasteiger partial charge in [-0.2, -0.15) is 0 Å². The Balaban J connectivity index is 1.83. The number of aryl methyl sites for hydroxylation is 1. The van der Waals surface area contributed by atoms with Crippen LogP contribution >= 0.6 is 0 Å². The molecule has 0 spiro atoms. The van der Waals surface area contributed by atoms with Gasteiger partial charge < -0.3 is 15.4 Å². The van der Waals surface area contributed by atoms with Gasteiger partial charge in [0.25, 0.3) is 0 Å². The first-order valence-corrected chi connectivity index (χ1v) is 7.45. The maximum Gasteiger partial charge on any atom is 0.224 e. The van der Waals surface area contributed by atoms with Crippen LogP contribution in [0.1, 0.15) is 36.4 Å². The number of benzene rings is 1. The molecule has 20 heavy (non-hydrogen) atoms. The van der Waals surface area contributed by atoms with Crippen LogP contribution in [0.3, 0.4) is 0 Å². The summed E-state index contributed by atoms with van der Waals surface area (Å²) in [6, 6.07) is 6.82. The zero-order valence-electron chi connectivity index (χ0n) is 11.9. The second-order valence-electron chi connectivity index (χ2n) is 5.68. The molecule has 1 fully saturated rings. The quantitative estimate of drug-likeness (QED) is 0.889. The summed E-state index contributed by atoms with van der Waals surface area (Å²) >= 11 is 0. The molecule has 1 aromatic rings. The molecule has 2 heterocycles. The number of rotatable bonds is 3. The van der Waals surface area contributed by atoms with Crippen molar-refractivity contribution < 1.29 is 9.53 Å². The van der Waals surface area contributed by atoms with Gasteiger partial charge in [-0.1, -0.05) is 12.1 Å². The van der Waals surface area contributed by atoms with Crippen LogP contribution in [0.5, 0.6) is 0 Å². The third kappa shape index (κ3) is 2.72. The van der Waals surface area contributed by atoms with Gasteiger partial charge in [0.05, 0.1) is 0 Å². The first kappa shape index (κ1) is 13.6. The maximum atomic E-state index is 11.4. The largest absolute Gasteiger partial charge is 0.381 e. The summed E-state index contributed by atoms with van der Waals surface area (Å²) in [5, 5.41) is 6.40. The minimum atomic E-state index is 0.125. The van der Waals surface area contributed by atoms with Gasteiger partial charge in [0.15, 0.2) is 0 Å². The summed E-state index contributed by atoms with van der Waals surface area (Å²) in [6.45, 7) is 1.73. The number of ether oxygens (including phenoxy) is 1. The minimum absolute atomic E-state index is 0.125. The van der Waals surface area contributed by atoms with E-state index in [4.69, 9.17) is 4.74 Å². The molecule has 1 amide bonds. The summed E-state index contributed by atoms with van der Waals surface area (Å²) in [7, 11) is 2.03. The number of hydrogen-bond donors (Lipinski definition) is 2. The molecule has 2 aliphatic rings. The Morgan fingerprint density at radius 2 is 2.10 bits per heavy atom. The molecule has 4 heteroatoms. The Morgan fingerprint density at radius 3 is 2.85 bits per heavy atom. The van der Waals surface area contributed by atoms with Crippen molar-refractivity contribution in [3.05, 3.63) is 29.3 Å². The zero-order chi connectivity index (χ0) is 13.9.